The van der Waals surface area contributed by atoms with E-state index in [1.165, 1.54) is 7.11 Å². The molecule has 0 aliphatic rings. The minimum Gasteiger partial charge on any atom is -0.480 e. The maximum Gasteiger partial charge on any atom is 0.296 e. The Bertz CT molecular complexity index is 371. The van der Waals surface area contributed by atoms with Gasteiger partial charge in [0.2, 0.25) is 0 Å². The first-order valence-electron chi connectivity index (χ1n) is 4.45. The summed E-state index contributed by atoms with van der Waals surface area (Å²) in [5.74, 6) is -0.573. The van der Waals surface area contributed by atoms with Gasteiger partial charge in [-0.3, -0.25) is 4.79 Å². The number of carbonyl (C=O) groups is 1. The lowest BCUT2D eigenvalue weighted by atomic mass is 10.2. The zero-order valence-electron chi connectivity index (χ0n) is 8.65. The molecule has 4 heteroatoms. The van der Waals surface area contributed by atoms with Crippen LogP contribution in [0.3, 0.4) is 0 Å². The van der Waals surface area contributed by atoms with Gasteiger partial charge in [0.25, 0.3) is 11.9 Å². The van der Waals surface area contributed by atoms with Gasteiger partial charge < -0.3 is 15.2 Å². The van der Waals surface area contributed by atoms with E-state index in [0.29, 0.717) is 5.56 Å². The van der Waals surface area contributed by atoms with Crippen molar-refractivity contribution >= 4 is 5.91 Å². The van der Waals surface area contributed by atoms with Crippen LogP contribution in [0.5, 0.6) is 0 Å². The fourth-order valence-corrected chi connectivity index (χ4v) is 1.04. The number of amides is 1. The minimum absolute atomic E-state index is 0.281. The second-order valence-corrected chi connectivity index (χ2v) is 2.95. The molecule has 0 fully saturated rings. The van der Waals surface area contributed by atoms with Gasteiger partial charge in [0, 0.05) is 5.56 Å². The molecule has 0 radical (unpaired) electrons. The number of ether oxygens (including phenoxy) is 1. The van der Waals surface area contributed by atoms with E-state index in [4.69, 9.17) is 5.11 Å². The molecule has 1 amide bonds. The number of aliphatic hydroxyl groups excluding tert-OH is 1. The number of benzene rings is 1. The van der Waals surface area contributed by atoms with Gasteiger partial charge in [0.1, 0.15) is 0 Å². The van der Waals surface area contributed by atoms with Crippen LogP contribution in [-0.2, 0) is 4.74 Å². The molecule has 4 nitrogen and oxygen atoms in total. The van der Waals surface area contributed by atoms with Crippen molar-refractivity contribution in [2.24, 2.45) is 0 Å². The van der Waals surface area contributed by atoms with Gasteiger partial charge in [-0.25, -0.2) is 0 Å². The molecule has 0 aliphatic heterocycles. The molecule has 2 N–H and O–H groups in total. The van der Waals surface area contributed by atoms with E-state index < -0.39 is 0 Å². The predicted molar refractivity (Wildman–Crippen MR) is 56.2 cm³/mol. The fourth-order valence-electron chi connectivity index (χ4n) is 1.04. The smallest absolute Gasteiger partial charge is 0.296 e. The van der Waals surface area contributed by atoms with Crippen LogP contribution >= 0.6 is 0 Å². The van der Waals surface area contributed by atoms with E-state index in [1.54, 1.807) is 31.2 Å². The summed E-state index contributed by atoms with van der Waals surface area (Å²) in [7, 11) is 1.33. The third-order valence-corrected chi connectivity index (χ3v) is 1.85. The lowest BCUT2D eigenvalue weighted by Gasteiger charge is -2.06. The van der Waals surface area contributed by atoms with Gasteiger partial charge in [0.05, 0.1) is 12.8 Å². The van der Waals surface area contributed by atoms with E-state index in [0.717, 1.165) is 0 Å². The van der Waals surface area contributed by atoms with Crippen molar-refractivity contribution in [2.45, 2.75) is 6.92 Å². The highest BCUT2D eigenvalue weighted by atomic mass is 16.6. The Hall–Kier alpha value is -1.97. The molecule has 0 unspecified atom stereocenters. The van der Waals surface area contributed by atoms with Crippen molar-refractivity contribution < 1.29 is 14.6 Å². The normalized spacial score (nSPS) is 11.6. The third-order valence-electron chi connectivity index (χ3n) is 1.85. The number of rotatable bonds is 3. The summed E-state index contributed by atoms with van der Waals surface area (Å²) < 4.78 is 4.57. The van der Waals surface area contributed by atoms with Crippen molar-refractivity contribution in [1.82, 2.24) is 5.32 Å². The van der Waals surface area contributed by atoms with Crippen LogP contribution in [0, 0.1) is 0 Å². The van der Waals surface area contributed by atoms with E-state index >= 15 is 0 Å². The van der Waals surface area contributed by atoms with Crippen molar-refractivity contribution in [3.8, 4) is 0 Å². The maximum atomic E-state index is 11.6. The fraction of sp³-hybridized carbons (Fsp3) is 0.182. The Morgan fingerprint density at radius 2 is 1.93 bits per heavy atom. The van der Waals surface area contributed by atoms with Gasteiger partial charge in [-0.2, -0.15) is 0 Å². The predicted octanol–water partition coefficient (Wildman–Crippen LogP) is 1.81. The van der Waals surface area contributed by atoms with Crippen LogP contribution in [0.1, 0.15) is 17.3 Å². The molecule has 1 aromatic rings. The van der Waals surface area contributed by atoms with Crippen LogP contribution < -0.4 is 5.32 Å². The van der Waals surface area contributed by atoms with E-state index in [1.807, 2.05) is 6.07 Å². The minimum atomic E-state index is -0.292. The average molecular weight is 207 g/mol. The van der Waals surface area contributed by atoms with Crippen molar-refractivity contribution in [3.05, 3.63) is 47.5 Å². The number of hydrogen-bond acceptors (Lipinski definition) is 3. The highest BCUT2D eigenvalue weighted by Crippen LogP contribution is 2.02. The topological polar surface area (TPSA) is 58.6 Å². The summed E-state index contributed by atoms with van der Waals surface area (Å²) in [6.07, 6.45) is 0. The van der Waals surface area contributed by atoms with Gasteiger partial charge in [0.15, 0.2) is 0 Å². The maximum absolute atomic E-state index is 11.6. The van der Waals surface area contributed by atoms with E-state index in [9.17, 15) is 4.79 Å². The third kappa shape index (κ3) is 3.02. The molecule has 0 aromatic heterocycles. The summed E-state index contributed by atoms with van der Waals surface area (Å²) in [6.45, 7) is 1.56. The molecule has 1 rings (SSSR count). The standard InChI is InChI=1S/C11H13NO3/c1-8(11(14)15-2)12-10(13)9-6-4-3-5-7-9/h3-7,14H,1-2H3,(H,12,13)/b11-8+. The average Bonchev–Trinajstić information content (AvgIpc) is 2.29. The molecule has 15 heavy (non-hydrogen) atoms. The van der Waals surface area contributed by atoms with Gasteiger partial charge in [-0.15, -0.1) is 0 Å². The van der Waals surface area contributed by atoms with Crippen LogP contribution in [0.4, 0.5) is 0 Å². The zero-order valence-corrected chi connectivity index (χ0v) is 8.65. The Morgan fingerprint density at radius 3 is 2.47 bits per heavy atom. The molecule has 80 valence electrons. The summed E-state index contributed by atoms with van der Waals surface area (Å²) in [5, 5.41) is 11.7. The molecule has 0 aliphatic carbocycles. The number of hydrogen-bond donors (Lipinski definition) is 2. The van der Waals surface area contributed by atoms with Crippen molar-refractivity contribution in [2.75, 3.05) is 7.11 Å². The quantitative estimate of drug-likeness (QED) is 0.743. The van der Waals surface area contributed by atoms with Crippen LogP contribution in [0.25, 0.3) is 0 Å². The monoisotopic (exact) mass is 207 g/mol. The first kappa shape index (κ1) is 11.1. The molecule has 0 spiro atoms. The highest BCUT2D eigenvalue weighted by Gasteiger charge is 2.07. The Morgan fingerprint density at radius 1 is 1.33 bits per heavy atom. The summed E-state index contributed by atoms with van der Waals surface area (Å²) in [5.41, 5.74) is 0.812. The number of methoxy groups -OCH3 is 1. The van der Waals surface area contributed by atoms with Crippen molar-refractivity contribution in [1.29, 1.82) is 0 Å². The van der Waals surface area contributed by atoms with Gasteiger partial charge in [-0.05, 0) is 19.1 Å². The second-order valence-electron chi connectivity index (χ2n) is 2.95. The Kier molecular flexibility index (Phi) is 3.74. The SMILES string of the molecule is CO/C(O)=C(\C)NC(=O)c1ccccc1. The first-order chi connectivity index (χ1) is 7.15. The Balaban J connectivity index is 2.73. The first-order valence-corrected chi connectivity index (χ1v) is 4.45. The molecule has 0 atom stereocenters. The van der Waals surface area contributed by atoms with Crippen molar-refractivity contribution in [3.63, 3.8) is 0 Å². The zero-order chi connectivity index (χ0) is 11.3. The van der Waals surface area contributed by atoms with Crippen LogP contribution in [-0.4, -0.2) is 18.1 Å². The lowest BCUT2D eigenvalue weighted by molar-refractivity contribution is 0.0941. The highest BCUT2D eigenvalue weighted by molar-refractivity contribution is 5.95. The molecular weight excluding hydrogens is 194 g/mol. The molecule has 0 saturated carbocycles. The molecule has 1 aromatic carbocycles. The van der Waals surface area contributed by atoms with E-state index in [-0.39, 0.29) is 17.5 Å². The molecule has 0 heterocycles. The summed E-state index contributed by atoms with van der Waals surface area (Å²) >= 11 is 0. The number of aliphatic hydroxyl groups is 1. The van der Waals surface area contributed by atoms with Gasteiger partial charge >= 0.3 is 0 Å². The Labute approximate surface area is 88.2 Å². The summed E-state index contributed by atoms with van der Waals surface area (Å²) in [6, 6.07) is 8.74. The number of allylic oxidation sites excluding steroid dienone is 1. The number of nitrogens with one attached hydrogen (secondary N) is 1. The molecular formula is C11H13NO3. The van der Waals surface area contributed by atoms with Crippen LogP contribution in [0.15, 0.2) is 42.0 Å². The second kappa shape index (κ2) is 5.05. The molecule has 0 bridgehead atoms. The number of carbonyl (C=O) groups excluding carboxylic acids is 1. The van der Waals surface area contributed by atoms with E-state index in [2.05, 4.69) is 10.1 Å². The van der Waals surface area contributed by atoms with Crippen LogP contribution in [0.2, 0.25) is 0 Å². The lowest BCUT2D eigenvalue weighted by Crippen LogP contribution is -2.22. The van der Waals surface area contributed by atoms with Gasteiger partial charge in [-0.1, -0.05) is 18.2 Å². The molecule has 0 saturated heterocycles. The summed E-state index contributed by atoms with van der Waals surface area (Å²) in [4.78, 5) is 11.6. The largest absolute Gasteiger partial charge is 0.480 e.